The van der Waals surface area contributed by atoms with Gasteiger partial charge in [-0.25, -0.2) is 0 Å². The molecule has 0 bridgehead atoms. The van der Waals surface area contributed by atoms with E-state index in [1.807, 2.05) is 30.3 Å². The third-order valence-corrected chi connectivity index (χ3v) is 4.11. The third kappa shape index (κ3) is 3.95. The van der Waals surface area contributed by atoms with Gasteiger partial charge >= 0.3 is 0 Å². The maximum atomic E-state index is 12.7. The predicted molar refractivity (Wildman–Crippen MR) is 97.3 cm³/mol. The van der Waals surface area contributed by atoms with Crippen LogP contribution in [0.25, 0.3) is 10.9 Å². The Hall–Kier alpha value is -2.92. The fourth-order valence-electron chi connectivity index (χ4n) is 2.65. The van der Waals surface area contributed by atoms with Crippen LogP contribution >= 0.6 is 11.6 Å². The van der Waals surface area contributed by atoms with E-state index in [9.17, 15) is 9.59 Å². The molecule has 0 saturated carbocycles. The Morgan fingerprint density at radius 1 is 1.12 bits per heavy atom. The minimum atomic E-state index is -0.835. The van der Waals surface area contributed by atoms with E-state index in [0.717, 1.165) is 5.56 Å². The SMILES string of the molecule is NC(=O)[C@@H](Cc1cccc(Cl)c1)NC(=O)c1ccnc2ccccc12. The number of amides is 2. The lowest BCUT2D eigenvalue weighted by Gasteiger charge is -2.16. The first kappa shape index (κ1) is 16.9. The number of nitrogens with one attached hydrogen (secondary N) is 1. The number of carbonyl (C=O) groups is 2. The summed E-state index contributed by atoms with van der Waals surface area (Å²) >= 11 is 5.96. The first-order valence-corrected chi connectivity index (χ1v) is 8.11. The molecule has 5 nitrogen and oxygen atoms in total. The third-order valence-electron chi connectivity index (χ3n) is 3.87. The maximum Gasteiger partial charge on any atom is 0.252 e. The molecule has 126 valence electrons. The van der Waals surface area contributed by atoms with Gasteiger partial charge in [-0.05, 0) is 29.8 Å². The fraction of sp³-hybridized carbons (Fsp3) is 0.105. The van der Waals surface area contributed by atoms with Crippen molar-refractivity contribution in [3.63, 3.8) is 0 Å². The van der Waals surface area contributed by atoms with Gasteiger partial charge in [0.15, 0.2) is 0 Å². The average Bonchev–Trinajstić information content (AvgIpc) is 2.60. The number of fused-ring (bicyclic) bond motifs is 1. The summed E-state index contributed by atoms with van der Waals surface area (Å²) in [5, 5.41) is 3.99. The lowest BCUT2D eigenvalue weighted by molar-refractivity contribution is -0.119. The lowest BCUT2D eigenvalue weighted by Crippen LogP contribution is -2.45. The number of primary amides is 1. The zero-order valence-corrected chi connectivity index (χ0v) is 14.0. The number of pyridine rings is 1. The standard InChI is InChI=1S/C19H16ClN3O2/c20-13-5-3-4-12(10-13)11-17(18(21)24)23-19(25)15-8-9-22-16-7-2-1-6-14(15)16/h1-10,17H,11H2,(H2,21,24)(H,23,25)/t17-/m1/s1. The molecule has 0 saturated heterocycles. The van der Waals surface area contributed by atoms with Crippen molar-refractivity contribution in [2.75, 3.05) is 0 Å². The van der Waals surface area contributed by atoms with Crippen LogP contribution in [-0.2, 0) is 11.2 Å². The minimum absolute atomic E-state index is 0.269. The molecule has 0 aliphatic heterocycles. The molecule has 25 heavy (non-hydrogen) atoms. The van der Waals surface area contributed by atoms with E-state index >= 15 is 0 Å². The van der Waals surface area contributed by atoms with Crippen LogP contribution in [0.1, 0.15) is 15.9 Å². The normalized spacial score (nSPS) is 11.9. The topological polar surface area (TPSA) is 85.1 Å². The van der Waals surface area contributed by atoms with E-state index in [1.165, 1.54) is 0 Å². The molecule has 0 aliphatic carbocycles. The summed E-state index contributed by atoms with van der Waals surface area (Å²) in [6.45, 7) is 0. The van der Waals surface area contributed by atoms with E-state index in [2.05, 4.69) is 10.3 Å². The summed E-state index contributed by atoms with van der Waals surface area (Å²) in [7, 11) is 0. The van der Waals surface area contributed by atoms with Crippen LogP contribution in [0.2, 0.25) is 5.02 Å². The van der Waals surface area contributed by atoms with Crippen molar-refractivity contribution in [3.05, 3.63) is 76.9 Å². The van der Waals surface area contributed by atoms with Crippen LogP contribution in [-0.4, -0.2) is 22.8 Å². The van der Waals surface area contributed by atoms with Gasteiger partial charge in [-0.2, -0.15) is 0 Å². The molecule has 3 aromatic rings. The zero-order valence-electron chi connectivity index (χ0n) is 13.3. The second-order valence-electron chi connectivity index (χ2n) is 5.64. The number of nitrogens with zero attached hydrogens (tertiary/aromatic N) is 1. The number of benzene rings is 2. The van der Waals surface area contributed by atoms with E-state index in [4.69, 9.17) is 17.3 Å². The zero-order chi connectivity index (χ0) is 17.8. The van der Waals surface area contributed by atoms with E-state index in [0.29, 0.717) is 21.5 Å². The molecule has 0 aliphatic rings. The van der Waals surface area contributed by atoms with Crippen molar-refractivity contribution in [3.8, 4) is 0 Å². The van der Waals surface area contributed by atoms with Gasteiger partial charge in [0.1, 0.15) is 6.04 Å². The first-order valence-electron chi connectivity index (χ1n) is 7.73. The van der Waals surface area contributed by atoms with Crippen LogP contribution in [0.5, 0.6) is 0 Å². The van der Waals surface area contributed by atoms with Crippen molar-refractivity contribution in [1.29, 1.82) is 0 Å². The number of carbonyl (C=O) groups excluding carboxylic acids is 2. The van der Waals surface area contributed by atoms with Gasteiger partial charge in [0.05, 0.1) is 11.1 Å². The molecule has 2 aromatic carbocycles. The molecule has 0 unspecified atom stereocenters. The molecule has 6 heteroatoms. The van der Waals surface area contributed by atoms with Gasteiger partial charge in [0.2, 0.25) is 5.91 Å². The molecule has 3 N–H and O–H groups in total. The Balaban J connectivity index is 1.84. The van der Waals surface area contributed by atoms with Crippen LogP contribution in [0, 0.1) is 0 Å². The molecule has 0 fully saturated rings. The van der Waals surface area contributed by atoms with Gasteiger partial charge in [-0.1, -0.05) is 41.9 Å². The predicted octanol–water partition coefficient (Wildman–Crippen LogP) is 2.71. The van der Waals surface area contributed by atoms with Crippen LogP contribution in [0.4, 0.5) is 0 Å². The second kappa shape index (κ2) is 7.32. The summed E-state index contributed by atoms with van der Waals surface area (Å²) in [6, 6.07) is 15.2. The fourth-order valence-corrected chi connectivity index (χ4v) is 2.87. The van der Waals surface area contributed by atoms with Gasteiger partial charge in [-0.15, -0.1) is 0 Å². The van der Waals surface area contributed by atoms with Gasteiger partial charge in [0, 0.05) is 23.0 Å². The highest BCUT2D eigenvalue weighted by Gasteiger charge is 2.20. The molecule has 1 heterocycles. The molecule has 0 spiro atoms. The largest absolute Gasteiger partial charge is 0.368 e. The van der Waals surface area contributed by atoms with Crippen molar-refractivity contribution < 1.29 is 9.59 Å². The molecule has 1 aromatic heterocycles. The van der Waals surface area contributed by atoms with Gasteiger partial charge in [-0.3, -0.25) is 14.6 Å². The Morgan fingerprint density at radius 2 is 1.92 bits per heavy atom. The Labute approximate surface area is 149 Å². The minimum Gasteiger partial charge on any atom is -0.368 e. The highest BCUT2D eigenvalue weighted by atomic mass is 35.5. The summed E-state index contributed by atoms with van der Waals surface area (Å²) in [5.74, 6) is -0.976. The van der Waals surface area contributed by atoms with Crippen LogP contribution < -0.4 is 11.1 Å². The monoisotopic (exact) mass is 353 g/mol. The van der Waals surface area contributed by atoms with Gasteiger partial charge < -0.3 is 11.1 Å². The number of nitrogens with two attached hydrogens (primary N) is 1. The second-order valence-corrected chi connectivity index (χ2v) is 6.07. The summed E-state index contributed by atoms with van der Waals surface area (Å²) in [4.78, 5) is 28.7. The van der Waals surface area contributed by atoms with Crippen molar-refractivity contribution in [1.82, 2.24) is 10.3 Å². The summed E-state index contributed by atoms with van der Waals surface area (Å²) in [6.07, 6.45) is 1.83. The Kier molecular flexibility index (Phi) is 4.95. The van der Waals surface area contributed by atoms with E-state index in [-0.39, 0.29) is 12.3 Å². The summed E-state index contributed by atoms with van der Waals surface area (Å²) in [5.41, 5.74) is 7.43. The van der Waals surface area contributed by atoms with Gasteiger partial charge in [0.25, 0.3) is 5.91 Å². The van der Waals surface area contributed by atoms with E-state index in [1.54, 1.807) is 30.5 Å². The van der Waals surface area contributed by atoms with Crippen LogP contribution in [0.3, 0.4) is 0 Å². The number of para-hydroxylation sites is 1. The smallest absolute Gasteiger partial charge is 0.252 e. The molecular formula is C19H16ClN3O2. The number of hydrogen-bond acceptors (Lipinski definition) is 3. The number of aromatic nitrogens is 1. The molecular weight excluding hydrogens is 338 g/mol. The maximum absolute atomic E-state index is 12.7. The molecule has 3 rings (SSSR count). The Bertz CT molecular complexity index is 937. The molecule has 2 amide bonds. The highest BCUT2D eigenvalue weighted by molar-refractivity contribution is 6.30. The van der Waals surface area contributed by atoms with Crippen molar-refractivity contribution in [2.45, 2.75) is 12.5 Å². The summed E-state index contributed by atoms with van der Waals surface area (Å²) < 4.78 is 0. The molecule has 1 atom stereocenters. The first-order chi connectivity index (χ1) is 12.0. The number of hydrogen-bond donors (Lipinski definition) is 2. The molecule has 0 radical (unpaired) electrons. The lowest BCUT2D eigenvalue weighted by atomic mass is 10.0. The van der Waals surface area contributed by atoms with E-state index < -0.39 is 11.9 Å². The average molecular weight is 354 g/mol. The van der Waals surface area contributed by atoms with Crippen molar-refractivity contribution >= 4 is 34.3 Å². The number of halogens is 1. The van der Waals surface area contributed by atoms with Crippen molar-refractivity contribution in [2.24, 2.45) is 5.73 Å². The Morgan fingerprint density at radius 3 is 2.68 bits per heavy atom. The van der Waals surface area contributed by atoms with Crippen LogP contribution in [0.15, 0.2) is 60.8 Å². The number of rotatable bonds is 5. The highest BCUT2D eigenvalue weighted by Crippen LogP contribution is 2.17. The quantitative estimate of drug-likeness (QED) is 0.739.